The number of pyridine rings is 1. The molecule has 0 aliphatic carbocycles. The van der Waals surface area contributed by atoms with Crippen LogP contribution < -0.4 is 4.74 Å². The van der Waals surface area contributed by atoms with Crippen LogP contribution in [0.2, 0.25) is 0 Å². The number of ether oxygens (including phenoxy) is 1. The summed E-state index contributed by atoms with van der Waals surface area (Å²) in [4.78, 5) is 14.8. The van der Waals surface area contributed by atoms with E-state index in [4.69, 9.17) is 9.84 Å². The first-order valence-electron chi connectivity index (χ1n) is 5.32. The van der Waals surface area contributed by atoms with Gasteiger partial charge in [-0.1, -0.05) is 0 Å². The van der Waals surface area contributed by atoms with Crippen molar-refractivity contribution in [2.24, 2.45) is 0 Å². The smallest absolute Gasteiger partial charge is 0.338 e. The number of aromatic nitrogens is 1. The van der Waals surface area contributed by atoms with Gasteiger partial charge in [0.05, 0.1) is 11.3 Å². The van der Waals surface area contributed by atoms with E-state index in [0.717, 1.165) is 10.5 Å². The van der Waals surface area contributed by atoms with Crippen molar-refractivity contribution < 1.29 is 19.0 Å². The Morgan fingerprint density at radius 1 is 1.37 bits per heavy atom. The van der Waals surface area contributed by atoms with E-state index in [1.165, 1.54) is 12.1 Å². The van der Waals surface area contributed by atoms with Crippen LogP contribution in [0, 0.1) is 5.82 Å². The molecule has 0 aliphatic heterocycles. The summed E-state index contributed by atoms with van der Waals surface area (Å²) >= 11 is 3.26. The van der Waals surface area contributed by atoms with Gasteiger partial charge in [0.25, 0.3) is 0 Å². The number of carboxylic acid groups (broad SMARTS) is 1. The van der Waals surface area contributed by atoms with E-state index >= 15 is 0 Å². The lowest BCUT2D eigenvalue weighted by atomic mass is 10.2. The summed E-state index contributed by atoms with van der Waals surface area (Å²) in [6.07, 6.45) is 1.63. The Labute approximate surface area is 117 Å². The van der Waals surface area contributed by atoms with E-state index in [1.54, 1.807) is 12.3 Å². The van der Waals surface area contributed by atoms with Gasteiger partial charge in [0, 0.05) is 16.7 Å². The van der Waals surface area contributed by atoms with Gasteiger partial charge >= 0.3 is 5.97 Å². The number of halogens is 2. The third kappa shape index (κ3) is 3.51. The maximum absolute atomic E-state index is 13.4. The van der Waals surface area contributed by atoms with E-state index in [2.05, 4.69) is 20.9 Å². The molecule has 0 bridgehead atoms. The molecule has 1 heterocycles. The molecule has 1 N–H and O–H groups in total. The molecule has 1 aromatic heterocycles. The summed E-state index contributed by atoms with van der Waals surface area (Å²) in [7, 11) is 0. The van der Waals surface area contributed by atoms with Crippen LogP contribution in [0.3, 0.4) is 0 Å². The first-order valence-corrected chi connectivity index (χ1v) is 6.11. The van der Waals surface area contributed by atoms with Gasteiger partial charge in [0.1, 0.15) is 18.2 Å². The third-order valence-electron chi connectivity index (χ3n) is 2.35. The topological polar surface area (TPSA) is 59.4 Å². The number of hydrogen-bond acceptors (Lipinski definition) is 3. The molecule has 0 unspecified atom stereocenters. The summed E-state index contributed by atoms with van der Waals surface area (Å²) < 4.78 is 19.6. The second kappa shape index (κ2) is 5.79. The van der Waals surface area contributed by atoms with Crippen molar-refractivity contribution in [3.8, 4) is 5.75 Å². The van der Waals surface area contributed by atoms with Crippen molar-refractivity contribution in [1.82, 2.24) is 4.98 Å². The van der Waals surface area contributed by atoms with Gasteiger partial charge in [-0.05, 0) is 40.2 Å². The van der Waals surface area contributed by atoms with Crippen LogP contribution in [0.1, 0.15) is 16.1 Å². The standard InChI is InChI=1S/C13H9BrFNO3/c14-8-1-2-9(16-6-8)7-19-10-3-4-11(13(17)18)12(15)5-10/h1-6H,7H2,(H,17,18). The minimum atomic E-state index is -1.31. The molecule has 2 aromatic rings. The number of hydrogen-bond donors (Lipinski definition) is 1. The minimum Gasteiger partial charge on any atom is -0.487 e. The van der Waals surface area contributed by atoms with E-state index in [1.807, 2.05) is 6.07 Å². The number of nitrogens with zero attached hydrogens (tertiary/aromatic N) is 1. The lowest BCUT2D eigenvalue weighted by molar-refractivity contribution is 0.0692. The molecule has 1 aromatic carbocycles. The second-order valence-electron chi connectivity index (χ2n) is 3.70. The Balaban J connectivity index is 2.06. The predicted octanol–water partition coefficient (Wildman–Crippen LogP) is 3.26. The van der Waals surface area contributed by atoms with Gasteiger partial charge in [-0.3, -0.25) is 4.98 Å². The van der Waals surface area contributed by atoms with Crippen molar-refractivity contribution in [2.45, 2.75) is 6.61 Å². The second-order valence-corrected chi connectivity index (χ2v) is 4.62. The Morgan fingerprint density at radius 2 is 2.16 bits per heavy atom. The van der Waals surface area contributed by atoms with E-state index in [-0.39, 0.29) is 17.9 Å². The van der Waals surface area contributed by atoms with Crippen LogP contribution in [0.15, 0.2) is 41.0 Å². The molecule has 0 saturated heterocycles. The highest BCUT2D eigenvalue weighted by molar-refractivity contribution is 9.10. The number of carbonyl (C=O) groups is 1. The number of aromatic carboxylic acids is 1. The minimum absolute atomic E-state index is 0.180. The molecule has 98 valence electrons. The summed E-state index contributed by atoms with van der Waals surface area (Å²) in [6.45, 7) is 0.180. The highest BCUT2D eigenvalue weighted by Gasteiger charge is 2.10. The molecular formula is C13H9BrFNO3. The normalized spacial score (nSPS) is 10.2. The average Bonchev–Trinajstić information content (AvgIpc) is 2.37. The van der Waals surface area contributed by atoms with Gasteiger partial charge in [-0.15, -0.1) is 0 Å². The number of carboxylic acids is 1. The van der Waals surface area contributed by atoms with Crippen LogP contribution in [0.4, 0.5) is 4.39 Å². The fourth-order valence-electron chi connectivity index (χ4n) is 1.41. The zero-order valence-corrected chi connectivity index (χ0v) is 11.2. The molecule has 0 aliphatic rings. The molecule has 6 heteroatoms. The molecule has 0 fully saturated rings. The SMILES string of the molecule is O=C(O)c1ccc(OCc2ccc(Br)cn2)cc1F. The fourth-order valence-corrected chi connectivity index (χ4v) is 1.64. The fraction of sp³-hybridized carbons (Fsp3) is 0.0769. The molecular weight excluding hydrogens is 317 g/mol. The van der Waals surface area contributed by atoms with Crippen LogP contribution >= 0.6 is 15.9 Å². The molecule has 0 saturated carbocycles. The lowest BCUT2D eigenvalue weighted by Crippen LogP contribution is -2.02. The Bertz CT molecular complexity index is 601. The van der Waals surface area contributed by atoms with Crippen LogP contribution in [0.5, 0.6) is 5.75 Å². The molecule has 4 nitrogen and oxygen atoms in total. The Morgan fingerprint density at radius 3 is 2.74 bits per heavy atom. The van der Waals surface area contributed by atoms with Crippen LogP contribution in [0.25, 0.3) is 0 Å². The molecule has 19 heavy (non-hydrogen) atoms. The van der Waals surface area contributed by atoms with Crippen molar-refractivity contribution >= 4 is 21.9 Å². The average molecular weight is 326 g/mol. The largest absolute Gasteiger partial charge is 0.487 e. The molecule has 0 spiro atoms. The van der Waals surface area contributed by atoms with Crippen molar-refractivity contribution in [1.29, 1.82) is 0 Å². The molecule has 0 atom stereocenters. The van der Waals surface area contributed by atoms with Gasteiger partial charge in [-0.25, -0.2) is 9.18 Å². The highest BCUT2D eigenvalue weighted by atomic mass is 79.9. The zero-order valence-electron chi connectivity index (χ0n) is 9.64. The van der Waals surface area contributed by atoms with Gasteiger partial charge in [0.2, 0.25) is 0 Å². The maximum atomic E-state index is 13.4. The monoisotopic (exact) mass is 325 g/mol. The van der Waals surface area contributed by atoms with Crippen molar-refractivity contribution in [3.63, 3.8) is 0 Å². The van der Waals surface area contributed by atoms with E-state index in [9.17, 15) is 9.18 Å². The first-order chi connectivity index (χ1) is 9.06. The third-order valence-corrected chi connectivity index (χ3v) is 2.82. The predicted molar refractivity (Wildman–Crippen MR) is 69.6 cm³/mol. The van der Waals surface area contributed by atoms with E-state index in [0.29, 0.717) is 5.69 Å². The van der Waals surface area contributed by atoms with Crippen molar-refractivity contribution in [3.05, 3.63) is 58.1 Å². The number of rotatable bonds is 4. The van der Waals surface area contributed by atoms with Crippen LogP contribution in [-0.2, 0) is 6.61 Å². The Kier molecular flexibility index (Phi) is 4.11. The summed E-state index contributed by atoms with van der Waals surface area (Å²) in [6, 6.07) is 7.21. The summed E-state index contributed by atoms with van der Waals surface area (Å²) in [5.74, 6) is -1.88. The summed E-state index contributed by atoms with van der Waals surface area (Å²) in [5.41, 5.74) is 0.306. The van der Waals surface area contributed by atoms with Crippen LogP contribution in [-0.4, -0.2) is 16.1 Å². The summed E-state index contributed by atoms with van der Waals surface area (Å²) in [5, 5.41) is 8.70. The zero-order chi connectivity index (χ0) is 13.8. The quantitative estimate of drug-likeness (QED) is 0.937. The molecule has 0 radical (unpaired) electrons. The van der Waals surface area contributed by atoms with Gasteiger partial charge in [-0.2, -0.15) is 0 Å². The number of benzene rings is 1. The van der Waals surface area contributed by atoms with Crippen molar-refractivity contribution in [2.75, 3.05) is 0 Å². The van der Waals surface area contributed by atoms with Gasteiger partial charge in [0.15, 0.2) is 0 Å². The highest BCUT2D eigenvalue weighted by Crippen LogP contribution is 2.18. The molecule has 0 amide bonds. The lowest BCUT2D eigenvalue weighted by Gasteiger charge is -2.06. The van der Waals surface area contributed by atoms with E-state index < -0.39 is 11.8 Å². The van der Waals surface area contributed by atoms with Gasteiger partial charge < -0.3 is 9.84 Å². The maximum Gasteiger partial charge on any atom is 0.338 e. The Hall–Kier alpha value is -1.95. The molecule has 2 rings (SSSR count). The first kappa shape index (κ1) is 13.5.